The van der Waals surface area contributed by atoms with E-state index in [-0.39, 0.29) is 49.4 Å². The molecule has 1 aliphatic heterocycles. The minimum Gasteiger partial charge on any atom is -0.390 e. The van der Waals surface area contributed by atoms with Crippen molar-refractivity contribution in [2.75, 3.05) is 26.2 Å². The van der Waals surface area contributed by atoms with Crippen molar-refractivity contribution >= 4 is 33.0 Å². The Bertz CT molecular complexity index is 1990. The van der Waals surface area contributed by atoms with Crippen molar-refractivity contribution in [3.05, 3.63) is 101 Å². The predicted octanol–water partition coefficient (Wildman–Crippen LogP) is 4.93. The molecule has 1 aromatic heterocycles. The van der Waals surface area contributed by atoms with E-state index in [0.29, 0.717) is 18.7 Å². The lowest BCUT2D eigenvalue weighted by molar-refractivity contribution is -0.130. The number of rotatable bonds is 16. The number of benzene rings is 3. The Kier molecular flexibility index (Phi) is 12.4. The summed E-state index contributed by atoms with van der Waals surface area (Å²) in [4.78, 5) is 47.2. The maximum atomic E-state index is 14.4. The van der Waals surface area contributed by atoms with Gasteiger partial charge in [0.2, 0.25) is 15.9 Å². The summed E-state index contributed by atoms with van der Waals surface area (Å²) >= 11 is 0. The summed E-state index contributed by atoms with van der Waals surface area (Å²) in [6.45, 7) is 10.2. The third-order valence-corrected chi connectivity index (χ3v) is 11.4. The number of carbonyl (C=O) groups excluding carboxylic acids is 2. The number of nitrogens with one attached hydrogen (secondary N) is 1. The molecule has 2 heterocycles. The van der Waals surface area contributed by atoms with Crippen molar-refractivity contribution in [1.82, 2.24) is 29.0 Å². The number of sulfonamides is 1. The van der Waals surface area contributed by atoms with Crippen LogP contribution in [0.3, 0.4) is 0 Å². The van der Waals surface area contributed by atoms with E-state index >= 15 is 0 Å². The van der Waals surface area contributed by atoms with E-state index in [4.69, 9.17) is 4.98 Å². The SMILES string of the molecule is CC(C)CN(C[C@@H](O)[C@H](Cc1ccccc1)NC(=O)[C@@H](N1CCN(Cc2nc3ccccc3n2C)C1=O)C(C)(C)C)S(=O)(=O)c1ccc(CN=O)cc1. The van der Waals surface area contributed by atoms with E-state index in [9.17, 15) is 28.0 Å². The highest BCUT2D eigenvalue weighted by molar-refractivity contribution is 7.89. The largest absolute Gasteiger partial charge is 0.390 e. The van der Waals surface area contributed by atoms with Crippen LogP contribution in [-0.4, -0.2) is 93.5 Å². The third kappa shape index (κ3) is 9.29. The summed E-state index contributed by atoms with van der Waals surface area (Å²) in [5.41, 5.74) is 2.54. The lowest BCUT2D eigenvalue weighted by Crippen LogP contribution is -2.59. The zero-order chi connectivity index (χ0) is 38.5. The van der Waals surface area contributed by atoms with Crippen LogP contribution in [-0.2, 0) is 41.4 Å². The fourth-order valence-electron chi connectivity index (χ4n) is 6.91. The molecule has 1 saturated heterocycles. The number of para-hydroxylation sites is 2. The molecule has 3 amide bonds. The molecule has 0 unspecified atom stereocenters. The number of hydrogen-bond acceptors (Lipinski definition) is 8. The smallest absolute Gasteiger partial charge is 0.321 e. The second-order valence-corrected chi connectivity index (χ2v) is 17.2. The van der Waals surface area contributed by atoms with E-state index < -0.39 is 39.5 Å². The van der Waals surface area contributed by atoms with E-state index in [1.165, 1.54) is 16.4 Å². The van der Waals surface area contributed by atoms with Crippen molar-refractivity contribution in [2.24, 2.45) is 23.6 Å². The number of aliphatic hydroxyl groups is 1. The highest BCUT2D eigenvalue weighted by Crippen LogP contribution is 2.29. The van der Waals surface area contributed by atoms with Gasteiger partial charge in [-0.15, -0.1) is 0 Å². The fourth-order valence-corrected chi connectivity index (χ4v) is 8.54. The second-order valence-electron chi connectivity index (χ2n) is 15.3. The number of urea groups is 1. The Morgan fingerprint density at radius 3 is 2.25 bits per heavy atom. The molecule has 0 aliphatic carbocycles. The molecule has 0 saturated carbocycles. The van der Waals surface area contributed by atoms with Crippen LogP contribution in [0, 0.1) is 16.2 Å². The molecule has 1 fully saturated rings. The summed E-state index contributed by atoms with van der Waals surface area (Å²) in [6, 6.07) is 21.0. The Balaban J connectivity index is 1.38. The number of amides is 3. The lowest BCUT2D eigenvalue weighted by atomic mass is 9.84. The Morgan fingerprint density at radius 1 is 0.962 bits per heavy atom. The van der Waals surface area contributed by atoms with E-state index in [2.05, 4.69) is 10.5 Å². The quantitative estimate of drug-likeness (QED) is 0.154. The fraction of sp³-hybridized carbons (Fsp3) is 0.462. The molecule has 4 aromatic rings. The number of nitroso groups, excluding NO2 is 1. The molecular weight excluding hydrogens is 695 g/mol. The van der Waals surface area contributed by atoms with E-state index in [0.717, 1.165) is 22.4 Å². The standard InChI is InChI=1S/C39H51N7O6S/c1-27(2)24-45(53(51,52)30-18-16-29(17-19-30)23-40-50)25-34(47)32(22-28-12-8-7-9-13-28)42-37(48)36(39(3,4)5)46-21-20-44(38(46)49)26-35-41-31-14-10-11-15-33(31)43(35)6/h7-19,27,32,34,36,47H,20-26H2,1-6H3,(H,42,48)/t32-,34+,36+/m0/s1. The summed E-state index contributed by atoms with van der Waals surface area (Å²) < 4.78 is 31.1. The van der Waals surface area contributed by atoms with E-state index in [1.54, 1.807) is 21.9 Å². The minimum atomic E-state index is -4.07. The van der Waals surface area contributed by atoms with Crippen molar-refractivity contribution in [3.63, 3.8) is 0 Å². The molecule has 0 bridgehead atoms. The van der Waals surface area contributed by atoms with Gasteiger partial charge in [-0.2, -0.15) is 9.21 Å². The molecule has 3 aromatic carbocycles. The van der Waals surface area contributed by atoms with Crippen molar-refractivity contribution in [2.45, 2.75) is 77.2 Å². The topological polar surface area (TPSA) is 158 Å². The molecule has 2 N–H and O–H groups in total. The number of hydrogen-bond donors (Lipinski definition) is 2. The van der Waals surface area contributed by atoms with Gasteiger partial charge in [0, 0.05) is 33.2 Å². The summed E-state index contributed by atoms with van der Waals surface area (Å²) in [5.74, 6) is 0.225. The van der Waals surface area contributed by atoms with Gasteiger partial charge < -0.3 is 24.8 Å². The molecule has 0 radical (unpaired) electrons. The summed E-state index contributed by atoms with van der Waals surface area (Å²) in [7, 11) is -2.15. The van der Waals surface area contributed by atoms with Crippen molar-refractivity contribution in [1.29, 1.82) is 0 Å². The number of aliphatic hydroxyl groups excluding tert-OH is 1. The van der Waals surface area contributed by atoms with Gasteiger partial charge >= 0.3 is 6.03 Å². The van der Waals surface area contributed by atoms with Crippen LogP contribution in [0.15, 0.2) is 88.9 Å². The zero-order valence-electron chi connectivity index (χ0n) is 31.3. The highest BCUT2D eigenvalue weighted by atomic mass is 32.2. The third-order valence-electron chi connectivity index (χ3n) is 9.58. The van der Waals surface area contributed by atoms with Gasteiger partial charge in [-0.1, -0.05) is 94.4 Å². The molecular formula is C39H51N7O6S. The monoisotopic (exact) mass is 745 g/mol. The molecule has 3 atom stereocenters. The second kappa shape index (κ2) is 16.6. The molecule has 53 heavy (non-hydrogen) atoms. The van der Waals surface area contributed by atoms with Crippen LogP contribution < -0.4 is 5.32 Å². The number of aryl methyl sites for hydroxylation is 1. The molecule has 13 nitrogen and oxygen atoms in total. The minimum absolute atomic E-state index is 0.0205. The Morgan fingerprint density at radius 2 is 1.62 bits per heavy atom. The van der Waals surface area contributed by atoms with Gasteiger partial charge in [-0.3, -0.25) is 4.79 Å². The van der Waals surface area contributed by atoms with Gasteiger partial charge in [-0.25, -0.2) is 18.2 Å². The van der Waals surface area contributed by atoms with Crippen LogP contribution in [0.4, 0.5) is 4.79 Å². The van der Waals surface area contributed by atoms with Gasteiger partial charge in [0.25, 0.3) is 0 Å². The van der Waals surface area contributed by atoms with Crippen LogP contribution in [0.25, 0.3) is 11.0 Å². The maximum absolute atomic E-state index is 14.4. The maximum Gasteiger partial charge on any atom is 0.321 e. The Labute approximate surface area is 312 Å². The molecule has 284 valence electrons. The molecule has 14 heteroatoms. The van der Waals surface area contributed by atoms with Crippen molar-refractivity contribution in [3.8, 4) is 0 Å². The van der Waals surface area contributed by atoms with Crippen LogP contribution >= 0.6 is 0 Å². The number of fused-ring (bicyclic) bond motifs is 1. The summed E-state index contributed by atoms with van der Waals surface area (Å²) in [6.07, 6.45) is -1.09. The Hall–Kier alpha value is -4.66. The number of carbonyl (C=O) groups is 2. The van der Waals surface area contributed by atoms with Crippen LogP contribution in [0.2, 0.25) is 0 Å². The predicted molar refractivity (Wildman–Crippen MR) is 204 cm³/mol. The van der Waals surface area contributed by atoms with Gasteiger partial charge in [-0.05, 0) is 53.1 Å². The van der Waals surface area contributed by atoms with Crippen LogP contribution in [0.5, 0.6) is 0 Å². The first-order valence-electron chi connectivity index (χ1n) is 18.0. The molecule has 1 aliphatic rings. The highest BCUT2D eigenvalue weighted by Gasteiger charge is 2.44. The number of imidazole rings is 1. The van der Waals surface area contributed by atoms with Crippen LogP contribution in [0.1, 0.15) is 51.6 Å². The normalized spacial score (nSPS) is 15.7. The van der Waals surface area contributed by atoms with Crippen molar-refractivity contribution < 1.29 is 23.1 Å². The first-order chi connectivity index (χ1) is 25.1. The van der Waals surface area contributed by atoms with Gasteiger partial charge in [0.1, 0.15) is 18.4 Å². The number of aromatic nitrogens is 2. The average molecular weight is 746 g/mol. The summed E-state index contributed by atoms with van der Waals surface area (Å²) in [5, 5.41) is 17.8. The molecule has 0 spiro atoms. The number of nitrogens with zero attached hydrogens (tertiary/aromatic N) is 6. The first-order valence-corrected chi connectivity index (χ1v) is 19.4. The van der Waals surface area contributed by atoms with Gasteiger partial charge in [0.15, 0.2) is 0 Å². The average Bonchev–Trinajstić information content (AvgIpc) is 3.62. The molecule has 5 rings (SSSR count). The van der Waals surface area contributed by atoms with E-state index in [1.807, 2.05) is 101 Å². The lowest BCUT2D eigenvalue weighted by Gasteiger charge is -2.38. The first kappa shape index (κ1) is 39.5. The zero-order valence-corrected chi connectivity index (χ0v) is 32.2. The van der Waals surface area contributed by atoms with Gasteiger partial charge in [0.05, 0.1) is 34.6 Å².